The van der Waals surface area contributed by atoms with Crippen molar-refractivity contribution in [1.29, 1.82) is 0 Å². The number of nitrogens with one attached hydrogen (secondary N) is 1. The molecule has 30 heavy (non-hydrogen) atoms. The number of carbonyl (C=O) groups excluding carboxylic acids is 2. The molecule has 0 spiro atoms. The van der Waals surface area contributed by atoms with Crippen LogP contribution in [-0.4, -0.2) is 47.8 Å². The first-order chi connectivity index (χ1) is 14.5. The van der Waals surface area contributed by atoms with E-state index in [2.05, 4.69) is 28.4 Å². The first kappa shape index (κ1) is 20.6. The number of fused-ring (bicyclic) bond motifs is 1. The molecule has 0 aromatic heterocycles. The van der Waals surface area contributed by atoms with Crippen molar-refractivity contribution in [2.45, 2.75) is 45.6 Å². The molecule has 2 aliphatic heterocycles. The third-order valence-electron chi connectivity index (χ3n) is 6.29. The van der Waals surface area contributed by atoms with Crippen molar-refractivity contribution in [2.24, 2.45) is 0 Å². The maximum atomic E-state index is 13.5. The van der Waals surface area contributed by atoms with Gasteiger partial charge in [-0.25, -0.2) is 0 Å². The highest BCUT2D eigenvalue weighted by atomic mass is 16.2. The van der Waals surface area contributed by atoms with Crippen molar-refractivity contribution in [2.75, 3.05) is 31.5 Å². The fourth-order valence-corrected chi connectivity index (χ4v) is 4.69. The highest BCUT2D eigenvalue weighted by Gasteiger charge is 2.36. The molecule has 2 aromatic rings. The van der Waals surface area contributed by atoms with Crippen LogP contribution in [0.5, 0.6) is 0 Å². The number of rotatable bonds is 4. The number of hydrogen-bond acceptors (Lipinski definition) is 3. The van der Waals surface area contributed by atoms with E-state index in [1.54, 1.807) is 0 Å². The maximum Gasteiger partial charge on any atom is 0.244 e. The Labute approximate surface area is 179 Å². The van der Waals surface area contributed by atoms with Gasteiger partial charge in [-0.3, -0.25) is 14.5 Å². The third-order valence-corrected chi connectivity index (χ3v) is 6.29. The van der Waals surface area contributed by atoms with Crippen molar-refractivity contribution in [3.05, 3.63) is 64.7 Å². The quantitative estimate of drug-likeness (QED) is 0.841. The molecule has 2 amide bonds. The lowest BCUT2D eigenvalue weighted by atomic mass is 9.91. The number of likely N-dealkylation sites (tertiary alicyclic amines) is 1. The number of nitrogens with zero attached hydrogens (tertiary/aromatic N) is 2. The van der Waals surface area contributed by atoms with Gasteiger partial charge in [0.15, 0.2) is 0 Å². The smallest absolute Gasteiger partial charge is 0.244 e. The van der Waals surface area contributed by atoms with E-state index in [1.165, 1.54) is 17.5 Å². The molecule has 5 heteroatoms. The minimum Gasteiger partial charge on any atom is -0.341 e. The molecule has 2 aromatic carbocycles. The van der Waals surface area contributed by atoms with Crippen molar-refractivity contribution < 1.29 is 9.59 Å². The van der Waals surface area contributed by atoms with Crippen LogP contribution in [0.15, 0.2) is 42.5 Å². The summed E-state index contributed by atoms with van der Waals surface area (Å²) in [5.41, 5.74) is 5.33. The van der Waals surface area contributed by atoms with E-state index < -0.39 is 0 Å². The number of anilines is 1. The monoisotopic (exact) mass is 405 g/mol. The Balaban J connectivity index is 1.54. The molecule has 0 radical (unpaired) electrons. The predicted molar refractivity (Wildman–Crippen MR) is 119 cm³/mol. The van der Waals surface area contributed by atoms with Crippen molar-refractivity contribution in [3.63, 3.8) is 0 Å². The molecule has 2 heterocycles. The third kappa shape index (κ3) is 4.41. The average Bonchev–Trinajstić information content (AvgIpc) is 2.76. The van der Waals surface area contributed by atoms with Gasteiger partial charge in [0.2, 0.25) is 11.8 Å². The molecule has 0 aliphatic carbocycles. The van der Waals surface area contributed by atoms with Crippen LogP contribution in [0.2, 0.25) is 0 Å². The second-order valence-electron chi connectivity index (χ2n) is 8.57. The van der Waals surface area contributed by atoms with Crippen LogP contribution in [0, 0.1) is 13.8 Å². The van der Waals surface area contributed by atoms with Gasteiger partial charge in [0, 0.05) is 25.3 Å². The molecule has 1 N–H and O–H groups in total. The second kappa shape index (κ2) is 9.00. The van der Waals surface area contributed by atoms with Gasteiger partial charge < -0.3 is 10.2 Å². The summed E-state index contributed by atoms with van der Waals surface area (Å²) in [5.74, 6) is 0.0685. The van der Waals surface area contributed by atoms with Crippen LogP contribution in [0.25, 0.3) is 0 Å². The van der Waals surface area contributed by atoms with Gasteiger partial charge in [0.1, 0.15) is 6.04 Å². The first-order valence-corrected chi connectivity index (χ1v) is 11.0. The zero-order chi connectivity index (χ0) is 21.1. The van der Waals surface area contributed by atoms with Crippen LogP contribution in [0.4, 0.5) is 5.69 Å². The van der Waals surface area contributed by atoms with E-state index in [0.717, 1.165) is 49.2 Å². The van der Waals surface area contributed by atoms with E-state index in [-0.39, 0.29) is 24.4 Å². The van der Waals surface area contributed by atoms with Crippen LogP contribution in [-0.2, 0) is 16.0 Å². The molecule has 1 unspecified atom stereocenters. The number of piperidine rings is 1. The summed E-state index contributed by atoms with van der Waals surface area (Å²) in [7, 11) is 0. The molecule has 1 fully saturated rings. The largest absolute Gasteiger partial charge is 0.341 e. The zero-order valence-corrected chi connectivity index (χ0v) is 18.0. The van der Waals surface area contributed by atoms with Gasteiger partial charge in [0.25, 0.3) is 0 Å². The molecule has 158 valence electrons. The molecule has 1 atom stereocenters. The number of benzene rings is 2. The first-order valence-electron chi connectivity index (χ1n) is 11.0. The minimum atomic E-state index is -0.377. The molecule has 0 saturated carbocycles. The number of hydrogen-bond donors (Lipinski definition) is 1. The van der Waals surface area contributed by atoms with Gasteiger partial charge >= 0.3 is 0 Å². The van der Waals surface area contributed by atoms with Crippen molar-refractivity contribution in [1.82, 2.24) is 9.80 Å². The van der Waals surface area contributed by atoms with E-state index in [1.807, 2.05) is 43.0 Å². The molecular formula is C25H31N3O2. The SMILES string of the molecule is Cc1ccc(NC(=O)CN2CCc3ccccc3C2C(=O)N2CCCCC2)c(C)c1. The Morgan fingerprint density at radius 3 is 2.53 bits per heavy atom. The standard InChI is InChI=1S/C25H31N3O2/c1-18-10-11-22(19(2)16-18)26-23(29)17-28-15-12-20-8-4-5-9-21(20)24(28)25(30)27-13-6-3-7-14-27/h4-5,8-11,16,24H,3,6-7,12-15,17H2,1-2H3,(H,26,29). The van der Waals surface area contributed by atoms with Crippen molar-refractivity contribution in [3.8, 4) is 0 Å². The van der Waals surface area contributed by atoms with Crippen LogP contribution in [0.1, 0.15) is 47.6 Å². The molecule has 2 aliphatic rings. The Morgan fingerprint density at radius 2 is 1.77 bits per heavy atom. The van der Waals surface area contributed by atoms with Crippen LogP contribution >= 0.6 is 0 Å². The van der Waals surface area contributed by atoms with E-state index >= 15 is 0 Å². The zero-order valence-electron chi connectivity index (χ0n) is 18.0. The van der Waals surface area contributed by atoms with Gasteiger partial charge in [-0.2, -0.15) is 0 Å². The lowest BCUT2D eigenvalue weighted by Crippen LogP contribution is -2.49. The van der Waals surface area contributed by atoms with E-state index in [0.29, 0.717) is 6.54 Å². The summed E-state index contributed by atoms with van der Waals surface area (Å²) in [4.78, 5) is 30.5. The summed E-state index contributed by atoms with van der Waals surface area (Å²) in [6, 6.07) is 13.8. The number of amides is 2. The Hall–Kier alpha value is -2.66. The Morgan fingerprint density at radius 1 is 1.00 bits per heavy atom. The molecule has 5 nitrogen and oxygen atoms in total. The Kier molecular flexibility index (Phi) is 6.18. The van der Waals surface area contributed by atoms with Gasteiger partial charge in [-0.05, 0) is 62.3 Å². The molecule has 1 saturated heterocycles. The Bertz CT molecular complexity index is 934. The predicted octanol–water partition coefficient (Wildman–Crippen LogP) is 3.85. The summed E-state index contributed by atoms with van der Waals surface area (Å²) >= 11 is 0. The minimum absolute atomic E-state index is 0.0715. The summed E-state index contributed by atoms with van der Waals surface area (Å²) in [6.07, 6.45) is 4.17. The fourth-order valence-electron chi connectivity index (χ4n) is 4.69. The maximum absolute atomic E-state index is 13.5. The van der Waals surface area contributed by atoms with Gasteiger partial charge in [-0.15, -0.1) is 0 Å². The summed E-state index contributed by atoms with van der Waals surface area (Å²) in [5, 5.41) is 3.04. The average molecular weight is 406 g/mol. The normalized spacial score (nSPS) is 19.3. The van der Waals surface area contributed by atoms with E-state index in [9.17, 15) is 9.59 Å². The summed E-state index contributed by atoms with van der Waals surface area (Å²) in [6.45, 7) is 6.61. The van der Waals surface area contributed by atoms with E-state index in [4.69, 9.17) is 0 Å². The molecule has 4 rings (SSSR count). The summed E-state index contributed by atoms with van der Waals surface area (Å²) < 4.78 is 0. The number of carbonyl (C=O) groups is 2. The topological polar surface area (TPSA) is 52.7 Å². The van der Waals surface area contributed by atoms with Gasteiger partial charge in [-0.1, -0.05) is 42.0 Å². The van der Waals surface area contributed by atoms with Crippen LogP contribution in [0.3, 0.4) is 0 Å². The second-order valence-corrected chi connectivity index (χ2v) is 8.57. The number of aryl methyl sites for hydroxylation is 2. The lowest BCUT2D eigenvalue weighted by molar-refractivity contribution is -0.139. The highest BCUT2D eigenvalue weighted by Crippen LogP contribution is 2.32. The molecular weight excluding hydrogens is 374 g/mol. The lowest BCUT2D eigenvalue weighted by Gasteiger charge is -2.39. The van der Waals surface area contributed by atoms with Gasteiger partial charge in [0.05, 0.1) is 6.54 Å². The highest BCUT2D eigenvalue weighted by molar-refractivity contribution is 5.94. The fraction of sp³-hybridized carbons (Fsp3) is 0.440. The van der Waals surface area contributed by atoms with Crippen LogP contribution < -0.4 is 5.32 Å². The van der Waals surface area contributed by atoms with Crippen molar-refractivity contribution >= 4 is 17.5 Å². The molecule has 0 bridgehead atoms.